The summed E-state index contributed by atoms with van der Waals surface area (Å²) in [7, 11) is 0. The van der Waals surface area contributed by atoms with E-state index in [0.717, 1.165) is 16.9 Å². The molecular formula is C20H20N4O3. The van der Waals surface area contributed by atoms with Crippen LogP contribution in [0.2, 0.25) is 0 Å². The second kappa shape index (κ2) is 8.27. The quantitative estimate of drug-likeness (QED) is 0.680. The van der Waals surface area contributed by atoms with E-state index in [-0.39, 0.29) is 13.0 Å². The molecule has 27 heavy (non-hydrogen) atoms. The molecule has 0 radical (unpaired) electrons. The second-order valence-corrected chi connectivity index (χ2v) is 6.03. The van der Waals surface area contributed by atoms with Gasteiger partial charge < -0.3 is 10.1 Å². The van der Waals surface area contributed by atoms with Crippen molar-refractivity contribution in [1.29, 1.82) is 0 Å². The summed E-state index contributed by atoms with van der Waals surface area (Å²) in [5, 5.41) is 7.25. The molecule has 1 amide bonds. The first-order valence-electron chi connectivity index (χ1n) is 8.50. The van der Waals surface area contributed by atoms with Gasteiger partial charge in [-0.3, -0.25) is 14.6 Å². The van der Waals surface area contributed by atoms with Crippen LogP contribution in [0, 0.1) is 13.8 Å². The van der Waals surface area contributed by atoms with Crippen molar-refractivity contribution in [3.8, 4) is 5.69 Å². The standard InChI is InChI=1S/C20H20N4O3/c1-14-20(15(2)24(23-14)17-6-4-3-5-7-17)22-18(25)13-27-19(26)12-16-8-10-21-11-9-16/h3-11H,12-13H2,1-2H3,(H,22,25). The Bertz CT molecular complexity index is 937. The monoisotopic (exact) mass is 364 g/mol. The number of nitrogens with one attached hydrogen (secondary N) is 1. The van der Waals surface area contributed by atoms with Crippen LogP contribution in [0.1, 0.15) is 17.0 Å². The lowest BCUT2D eigenvalue weighted by molar-refractivity contribution is -0.146. The average Bonchev–Trinajstić information content (AvgIpc) is 2.96. The molecule has 0 atom stereocenters. The van der Waals surface area contributed by atoms with Gasteiger partial charge in [-0.05, 0) is 43.7 Å². The maximum Gasteiger partial charge on any atom is 0.310 e. The van der Waals surface area contributed by atoms with Crippen LogP contribution in [-0.2, 0) is 20.7 Å². The molecule has 7 heteroatoms. The van der Waals surface area contributed by atoms with Crippen LogP contribution >= 0.6 is 0 Å². The third-order valence-corrected chi connectivity index (χ3v) is 4.02. The Balaban J connectivity index is 1.60. The predicted molar refractivity (Wildman–Crippen MR) is 101 cm³/mol. The zero-order valence-electron chi connectivity index (χ0n) is 15.2. The zero-order chi connectivity index (χ0) is 19.2. The first-order chi connectivity index (χ1) is 13.0. The minimum Gasteiger partial charge on any atom is -0.455 e. The van der Waals surface area contributed by atoms with Gasteiger partial charge in [-0.1, -0.05) is 18.2 Å². The highest BCUT2D eigenvalue weighted by molar-refractivity contribution is 5.94. The van der Waals surface area contributed by atoms with Gasteiger partial charge in [-0.2, -0.15) is 5.10 Å². The minimum absolute atomic E-state index is 0.0970. The van der Waals surface area contributed by atoms with Gasteiger partial charge in [-0.25, -0.2) is 4.68 Å². The Labute approximate surface area is 157 Å². The third kappa shape index (κ3) is 4.58. The summed E-state index contributed by atoms with van der Waals surface area (Å²) >= 11 is 0. The molecule has 138 valence electrons. The first-order valence-corrected chi connectivity index (χ1v) is 8.50. The second-order valence-electron chi connectivity index (χ2n) is 6.03. The van der Waals surface area contributed by atoms with Gasteiger partial charge in [0.15, 0.2) is 6.61 Å². The van der Waals surface area contributed by atoms with Crippen molar-refractivity contribution in [3.05, 3.63) is 71.8 Å². The number of aromatic nitrogens is 3. The molecular weight excluding hydrogens is 344 g/mol. The van der Waals surface area contributed by atoms with Gasteiger partial charge in [0.1, 0.15) is 0 Å². The van der Waals surface area contributed by atoms with E-state index in [9.17, 15) is 9.59 Å². The van der Waals surface area contributed by atoms with Gasteiger partial charge in [0.25, 0.3) is 5.91 Å². The lowest BCUT2D eigenvalue weighted by Crippen LogP contribution is -2.22. The van der Waals surface area contributed by atoms with Gasteiger partial charge in [-0.15, -0.1) is 0 Å². The van der Waals surface area contributed by atoms with E-state index in [1.807, 2.05) is 44.2 Å². The minimum atomic E-state index is -0.468. The van der Waals surface area contributed by atoms with E-state index in [0.29, 0.717) is 11.4 Å². The lowest BCUT2D eigenvalue weighted by Gasteiger charge is -2.08. The normalized spacial score (nSPS) is 10.4. The molecule has 2 aromatic heterocycles. The number of aryl methyl sites for hydroxylation is 1. The molecule has 0 fully saturated rings. The molecule has 3 aromatic rings. The molecule has 0 aliphatic carbocycles. The van der Waals surface area contributed by atoms with Crippen LogP contribution in [0.15, 0.2) is 54.9 Å². The molecule has 0 saturated carbocycles. The summed E-state index contributed by atoms with van der Waals surface area (Å²) in [5.74, 6) is -0.873. The Morgan fingerprint density at radius 3 is 2.48 bits per heavy atom. The Hall–Kier alpha value is -3.48. The molecule has 1 N–H and O–H groups in total. The highest BCUT2D eigenvalue weighted by atomic mass is 16.5. The molecule has 0 bridgehead atoms. The van der Waals surface area contributed by atoms with Crippen molar-refractivity contribution in [2.24, 2.45) is 0 Å². The number of nitrogens with zero attached hydrogens (tertiary/aromatic N) is 3. The molecule has 0 spiro atoms. The molecule has 2 heterocycles. The van der Waals surface area contributed by atoms with Crippen LogP contribution < -0.4 is 5.32 Å². The van der Waals surface area contributed by atoms with Crippen LogP contribution in [0.25, 0.3) is 5.69 Å². The molecule has 0 saturated heterocycles. The number of hydrogen-bond acceptors (Lipinski definition) is 5. The summed E-state index contributed by atoms with van der Waals surface area (Å²) < 4.78 is 6.82. The number of ether oxygens (including phenoxy) is 1. The third-order valence-electron chi connectivity index (χ3n) is 4.02. The topological polar surface area (TPSA) is 86.1 Å². The Kier molecular flexibility index (Phi) is 5.61. The average molecular weight is 364 g/mol. The van der Waals surface area contributed by atoms with E-state index < -0.39 is 11.9 Å². The highest BCUT2D eigenvalue weighted by Crippen LogP contribution is 2.22. The summed E-state index contributed by atoms with van der Waals surface area (Å²) in [6.07, 6.45) is 3.30. The van der Waals surface area contributed by atoms with Crippen LogP contribution in [0.5, 0.6) is 0 Å². The first kappa shape index (κ1) is 18.3. The number of anilines is 1. The van der Waals surface area contributed by atoms with Gasteiger partial charge >= 0.3 is 5.97 Å². The van der Waals surface area contributed by atoms with Gasteiger partial charge in [0, 0.05) is 12.4 Å². The molecule has 0 aliphatic heterocycles. The van der Waals surface area contributed by atoms with Crippen molar-refractivity contribution in [3.63, 3.8) is 0 Å². The fourth-order valence-electron chi connectivity index (χ4n) is 2.68. The number of carbonyl (C=O) groups excluding carboxylic acids is 2. The molecule has 3 rings (SSSR count). The Morgan fingerprint density at radius 1 is 1.07 bits per heavy atom. The van der Waals surface area contributed by atoms with Crippen molar-refractivity contribution in [2.75, 3.05) is 11.9 Å². The summed E-state index contributed by atoms with van der Waals surface area (Å²) in [6, 6.07) is 13.1. The maximum atomic E-state index is 12.2. The Morgan fingerprint density at radius 2 is 1.78 bits per heavy atom. The number of para-hydroxylation sites is 1. The molecule has 7 nitrogen and oxygen atoms in total. The van der Waals surface area contributed by atoms with E-state index in [2.05, 4.69) is 15.4 Å². The predicted octanol–water partition coefficient (Wildman–Crippen LogP) is 2.61. The molecule has 0 unspecified atom stereocenters. The highest BCUT2D eigenvalue weighted by Gasteiger charge is 2.16. The fourth-order valence-corrected chi connectivity index (χ4v) is 2.68. The van der Waals surface area contributed by atoms with E-state index in [4.69, 9.17) is 4.74 Å². The van der Waals surface area contributed by atoms with Crippen LogP contribution in [-0.4, -0.2) is 33.2 Å². The summed E-state index contributed by atoms with van der Waals surface area (Å²) in [6.45, 7) is 3.34. The van der Waals surface area contributed by atoms with E-state index >= 15 is 0 Å². The fraction of sp³-hybridized carbons (Fsp3) is 0.200. The van der Waals surface area contributed by atoms with E-state index in [1.54, 1.807) is 29.2 Å². The van der Waals surface area contributed by atoms with Crippen molar-refractivity contribution >= 4 is 17.6 Å². The number of benzene rings is 1. The van der Waals surface area contributed by atoms with Gasteiger partial charge in [0.05, 0.1) is 29.2 Å². The number of esters is 1. The molecule has 0 aliphatic rings. The number of carbonyl (C=O) groups is 2. The number of pyridine rings is 1. The summed E-state index contributed by atoms with van der Waals surface area (Å²) in [4.78, 5) is 27.9. The summed E-state index contributed by atoms with van der Waals surface area (Å²) in [5.41, 5.74) is 3.80. The van der Waals surface area contributed by atoms with Gasteiger partial charge in [0.2, 0.25) is 0 Å². The smallest absolute Gasteiger partial charge is 0.310 e. The van der Waals surface area contributed by atoms with Crippen LogP contribution in [0.4, 0.5) is 5.69 Å². The number of amides is 1. The SMILES string of the molecule is Cc1nn(-c2ccccc2)c(C)c1NC(=O)COC(=O)Cc1ccncc1. The lowest BCUT2D eigenvalue weighted by atomic mass is 10.2. The molecule has 1 aromatic carbocycles. The van der Waals surface area contributed by atoms with Crippen molar-refractivity contribution in [2.45, 2.75) is 20.3 Å². The maximum absolute atomic E-state index is 12.2. The largest absolute Gasteiger partial charge is 0.455 e. The van der Waals surface area contributed by atoms with Crippen molar-refractivity contribution in [1.82, 2.24) is 14.8 Å². The number of rotatable bonds is 6. The van der Waals surface area contributed by atoms with Crippen LogP contribution in [0.3, 0.4) is 0 Å². The number of hydrogen-bond donors (Lipinski definition) is 1. The van der Waals surface area contributed by atoms with Crippen molar-refractivity contribution < 1.29 is 14.3 Å². The zero-order valence-corrected chi connectivity index (χ0v) is 15.2. The van der Waals surface area contributed by atoms with E-state index in [1.165, 1.54) is 0 Å².